The average molecular weight is 427 g/mol. The smallest absolute Gasteiger partial charge is 0.239 e. The standard InChI is InChI=1S/C24H38N6O/c1-19(30-13-10-21-8-4-5-9-22(21)30)18-26-24(25-3)29-16-14-27(15-17-29)20(2)23(31)28-11-6-7-12-28/h4-5,8-9,19-20H,6-7,10-18H2,1-3H3,(H,25,26). The number of rotatable bonds is 5. The molecule has 4 rings (SSSR count). The molecule has 2 unspecified atom stereocenters. The summed E-state index contributed by atoms with van der Waals surface area (Å²) in [6.07, 6.45) is 3.43. The van der Waals surface area contributed by atoms with Crippen molar-refractivity contribution in [3.05, 3.63) is 29.8 Å². The van der Waals surface area contributed by atoms with Crippen molar-refractivity contribution in [1.82, 2.24) is 20.0 Å². The topological polar surface area (TPSA) is 54.4 Å². The normalized spacial score (nSPS) is 21.9. The van der Waals surface area contributed by atoms with Gasteiger partial charge in [0.15, 0.2) is 5.96 Å². The van der Waals surface area contributed by atoms with Crippen LogP contribution in [0.3, 0.4) is 0 Å². The Hall–Kier alpha value is -2.28. The molecule has 2 saturated heterocycles. The fourth-order valence-corrected chi connectivity index (χ4v) is 5.18. The maximum Gasteiger partial charge on any atom is 0.239 e. The third-order valence-corrected chi connectivity index (χ3v) is 7.16. The van der Waals surface area contributed by atoms with E-state index in [0.29, 0.717) is 11.9 Å². The zero-order valence-corrected chi connectivity index (χ0v) is 19.4. The summed E-state index contributed by atoms with van der Waals surface area (Å²) >= 11 is 0. The highest BCUT2D eigenvalue weighted by atomic mass is 16.2. The Morgan fingerprint density at radius 3 is 2.42 bits per heavy atom. The summed E-state index contributed by atoms with van der Waals surface area (Å²) in [4.78, 5) is 26.5. The van der Waals surface area contributed by atoms with E-state index in [0.717, 1.165) is 77.6 Å². The average Bonchev–Trinajstić information content (AvgIpc) is 3.49. The van der Waals surface area contributed by atoms with E-state index in [9.17, 15) is 4.79 Å². The molecule has 1 amide bonds. The molecule has 1 aromatic rings. The first-order valence-electron chi connectivity index (χ1n) is 11.9. The molecule has 3 aliphatic heterocycles. The predicted molar refractivity (Wildman–Crippen MR) is 127 cm³/mol. The molecule has 1 N–H and O–H groups in total. The molecule has 2 atom stereocenters. The van der Waals surface area contributed by atoms with Crippen LogP contribution in [0, 0.1) is 0 Å². The third kappa shape index (κ3) is 4.81. The fourth-order valence-electron chi connectivity index (χ4n) is 5.18. The van der Waals surface area contributed by atoms with E-state index in [-0.39, 0.29) is 6.04 Å². The number of para-hydroxylation sites is 1. The van der Waals surface area contributed by atoms with E-state index in [1.165, 1.54) is 11.3 Å². The molecule has 0 radical (unpaired) electrons. The number of carbonyl (C=O) groups excluding carboxylic acids is 1. The van der Waals surface area contributed by atoms with Crippen LogP contribution in [0.15, 0.2) is 29.3 Å². The van der Waals surface area contributed by atoms with Crippen molar-refractivity contribution < 1.29 is 4.79 Å². The van der Waals surface area contributed by atoms with Crippen LogP contribution in [0.5, 0.6) is 0 Å². The minimum atomic E-state index is -0.0227. The monoisotopic (exact) mass is 426 g/mol. The van der Waals surface area contributed by atoms with Gasteiger partial charge in [-0.3, -0.25) is 14.7 Å². The highest BCUT2D eigenvalue weighted by Gasteiger charge is 2.31. The van der Waals surface area contributed by atoms with Gasteiger partial charge in [0.1, 0.15) is 0 Å². The van der Waals surface area contributed by atoms with Gasteiger partial charge in [0.05, 0.1) is 6.04 Å². The first kappa shape index (κ1) is 21.9. The van der Waals surface area contributed by atoms with Gasteiger partial charge < -0.3 is 20.0 Å². The number of hydrogen-bond donors (Lipinski definition) is 1. The molecule has 0 bridgehead atoms. The van der Waals surface area contributed by atoms with Gasteiger partial charge in [-0.15, -0.1) is 0 Å². The van der Waals surface area contributed by atoms with Crippen LogP contribution in [0.1, 0.15) is 32.3 Å². The van der Waals surface area contributed by atoms with Gasteiger partial charge in [0.2, 0.25) is 5.91 Å². The quantitative estimate of drug-likeness (QED) is 0.573. The first-order chi connectivity index (χ1) is 15.1. The van der Waals surface area contributed by atoms with Crippen LogP contribution >= 0.6 is 0 Å². The molecule has 7 nitrogen and oxygen atoms in total. The Balaban J connectivity index is 1.25. The largest absolute Gasteiger partial charge is 0.366 e. The number of piperazine rings is 1. The highest BCUT2D eigenvalue weighted by molar-refractivity contribution is 5.82. The van der Waals surface area contributed by atoms with Crippen LogP contribution in [-0.4, -0.2) is 98.1 Å². The van der Waals surface area contributed by atoms with Gasteiger partial charge in [-0.2, -0.15) is 0 Å². The molecule has 0 aromatic heterocycles. The van der Waals surface area contributed by atoms with Crippen molar-refractivity contribution in [3.8, 4) is 0 Å². The first-order valence-corrected chi connectivity index (χ1v) is 11.9. The third-order valence-electron chi connectivity index (χ3n) is 7.16. The van der Waals surface area contributed by atoms with Gasteiger partial charge >= 0.3 is 0 Å². The molecular formula is C24H38N6O. The minimum Gasteiger partial charge on any atom is -0.366 e. The zero-order valence-electron chi connectivity index (χ0n) is 19.4. The Bertz CT molecular complexity index is 782. The molecule has 0 saturated carbocycles. The Kier molecular flexibility index (Phi) is 7.00. The molecule has 3 heterocycles. The second kappa shape index (κ2) is 9.90. The molecule has 2 fully saturated rings. The van der Waals surface area contributed by atoms with E-state index in [4.69, 9.17) is 0 Å². The van der Waals surface area contributed by atoms with Crippen molar-refractivity contribution in [2.75, 3.05) is 64.3 Å². The van der Waals surface area contributed by atoms with E-state index >= 15 is 0 Å². The van der Waals surface area contributed by atoms with Crippen LogP contribution < -0.4 is 10.2 Å². The lowest BCUT2D eigenvalue weighted by Gasteiger charge is -2.40. The summed E-state index contributed by atoms with van der Waals surface area (Å²) in [6.45, 7) is 11.8. The van der Waals surface area contributed by atoms with E-state index < -0.39 is 0 Å². The minimum absolute atomic E-state index is 0.0227. The van der Waals surface area contributed by atoms with E-state index in [2.05, 4.69) is 63.1 Å². The molecule has 7 heteroatoms. The van der Waals surface area contributed by atoms with Crippen molar-refractivity contribution in [3.63, 3.8) is 0 Å². The number of amides is 1. The molecular weight excluding hydrogens is 388 g/mol. The number of aliphatic imine (C=N–C) groups is 1. The van der Waals surface area contributed by atoms with Gasteiger partial charge in [-0.25, -0.2) is 0 Å². The highest BCUT2D eigenvalue weighted by Crippen LogP contribution is 2.28. The lowest BCUT2D eigenvalue weighted by atomic mass is 10.2. The van der Waals surface area contributed by atoms with Gasteiger partial charge in [-0.1, -0.05) is 18.2 Å². The number of hydrogen-bond acceptors (Lipinski definition) is 4. The summed E-state index contributed by atoms with van der Waals surface area (Å²) in [6, 6.07) is 9.11. The van der Waals surface area contributed by atoms with Crippen LogP contribution in [-0.2, 0) is 11.2 Å². The van der Waals surface area contributed by atoms with Crippen LogP contribution in [0.25, 0.3) is 0 Å². The van der Waals surface area contributed by atoms with Crippen molar-refractivity contribution >= 4 is 17.6 Å². The SMILES string of the molecule is CN=C(NCC(C)N1CCc2ccccc21)N1CCN(C(C)C(=O)N2CCCC2)CC1. The number of fused-ring (bicyclic) bond motifs is 1. The number of carbonyl (C=O) groups is 1. The van der Waals surface area contributed by atoms with Crippen LogP contribution in [0.4, 0.5) is 5.69 Å². The summed E-state index contributed by atoms with van der Waals surface area (Å²) in [5, 5.41) is 3.60. The Morgan fingerprint density at radius 2 is 1.71 bits per heavy atom. The number of guanidine groups is 1. The van der Waals surface area contributed by atoms with Crippen molar-refractivity contribution in [2.45, 2.75) is 45.2 Å². The molecule has 1 aromatic carbocycles. The maximum atomic E-state index is 12.7. The maximum absolute atomic E-state index is 12.7. The predicted octanol–water partition coefficient (Wildman–Crippen LogP) is 1.64. The van der Waals surface area contributed by atoms with Gasteiger partial charge in [0, 0.05) is 71.1 Å². The Labute approximate surface area is 187 Å². The zero-order chi connectivity index (χ0) is 21.8. The molecule has 3 aliphatic rings. The summed E-state index contributed by atoms with van der Waals surface area (Å²) in [5.74, 6) is 1.27. The number of anilines is 1. The van der Waals surface area contributed by atoms with Crippen molar-refractivity contribution in [1.29, 1.82) is 0 Å². The molecule has 170 valence electrons. The number of nitrogens with one attached hydrogen (secondary N) is 1. The second-order valence-corrected chi connectivity index (χ2v) is 9.08. The van der Waals surface area contributed by atoms with Gasteiger partial charge in [0.25, 0.3) is 0 Å². The lowest BCUT2D eigenvalue weighted by molar-refractivity contribution is -0.135. The second-order valence-electron chi connectivity index (χ2n) is 9.08. The van der Waals surface area contributed by atoms with E-state index in [1.54, 1.807) is 0 Å². The summed E-state index contributed by atoms with van der Waals surface area (Å²) in [5.41, 5.74) is 2.82. The number of likely N-dealkylation sites (tertiary alicyclic amines) is 1. The van der Waals surface area contributed by atoms with Crippen LogP contribution in [0.2, 0.25) is 0 Å². The summed E-state index contributed by atoms with van der Waals surface area (Å²) < 4.78 is 0. The lowest BCUT2D eigenvalue weighted by Crippen LogP contribution is -2.57. The fraction of sp³-hybridized carbons (Fsp3) is 0.667. The van der Waals surface area contributed by atoms with E-state index in [1.807, 2.05) is 11.9 Å². The van der Waals surface area contributed by atoms with Crippen molar-refractivity contribution in [2.24, 2.45) is 4.99 Å². The Morgan fingerprint density at radius 1 is 1.00 bits per heavy atom. The molecule has 31 heavy (non-hydrogen) atoms. The number of benzene rings is 1. The summed E-state index contributed by atoms with van der Waals surface area (Å²) in [7, 11) is 1.87. The van der Waals surface area contributed by atoms with Gasteiger partial charge in [-0.05, 0) is 44.7 Å². The number of nitrogens with zero attached hydrogens (tertiary/aromatic N) is 5. The molecule has 0 spiro atoms. The molecule has 0 aliphatic carbocycles.